The Morgan fingerprint density at radius 1 is 0.817 bits per heavy atom. The molecule has 3 aromatic carbocycles. The number of alkyl halides is 3. The number of amides is 5. The number of aromatic nitrogens is 2. The number of anilines is 2. The molecule has 5 amide bonds. The number of piperidine rings is 2. The minimum absolute atomic E-state index is 0.0482. The maximum Gasteiger partial charge on any atom is 0.416 e. The van der Waals surface area contributed by atoms with Crippen molar-refractivity contribution in [2.75, 3.05) is 63.1 Å². The SMILES string of the molecule is CN1C(=O)CCC(N2C(=O)c3ccc(N4CCN(CCC5CCN(C(=O)c6ccc(NCc7ccc(C(F)(F)F)cc7)c(-c7cn(C)cn7)c6)CC5)CC4)cc3C2=O)C1=O. The summed E-state index contributed by atoms with van der Waals surface area (Å²) >= 11 is 0. The predicted octanol–water partition coefficient (Wildman–Crippen LogP) is 5.53. The van der Waals surface area contributed by atoms with Gasteiger partial charge in [0.25, 0.3) is 23.6 Å². The second-order valence-corrected chi connectivity index (χ2v) is 16.1. The number of rotatable bonds is 10. The molecule has 8 rings (SSSR count). The van der Waals surface area contributed by atoms with Crippen molar-refractivity contribution in [2.24, 2.45) is 13.0 Å². The molecule has 5 heterocycles. The number of piperazine rings is 1. The van der Waals surface area contributed by atoms with Gasteiger partial charge in [-0.25, -0.2) is 4.98 Å². The van der Waals surface area contributed by atoms with Crippen LogP contribution in [0.3, 0.4) is 0 Å². The van der Waals surface area contributed by atoms with E-state index in [2.05, 4.69) is 20.1 Å². The second-order valence-electron chi connectivity index (χ2n) is 16.1. The van der Waals surface area contributed by atoms with Gasteiger partial charge in [-0.15, -0.1) is 0 Å². The van der Waals surface area contributed by atoms with E-state index in [-0.39, 0.29) is 35.8 Å². The van der Waals surface area contributed by atoms with Crippen LogP contribution in [0.4, 0.5) is 24.5 Å². The first-order chi connectivity index (χ1) is 28.7. The van der Waals surface area contributed by atoms with Gasteiger partial charge in [0.15, 0.2) is 0 Å². The number of hydrogen-bond donors (Lipinski definition) is 1. The maximum absolute atomic E-state index is 13.8. The number of halogens is 3. The summed E-state index contributed by atoms with van der Waals surface area (Å²) < 4.78 is 41.0. The molecule has 3 fully saturated rings. The minimum Gasteiger partial charge on any atom is -0.380 e. The summed E-state index contributed by atoms with van der Waals surface area (Å²) in [7, 11) is 3.24. The zero-order chi connectivity index (χ0) is 42.3. The summed E-state index contributed by atoms with van der Waals surface area (Å²) in [5.74, 6) is -1.42. The van der Waals surface area contributed by atoms with Crippen molar-refractivity contribution in [3.8, 4) is 11.3 Å². The Bertz CT molecular complexity index is 2310. The monoisotopic (exact) mass is 824 g/mol. The van der Waals surface area contributed by atoms with Crippen LogP contribution in [0.25, 0.3) is 11.3 Å². The fourth-order valence-electron chi connectivity index (χ4n) is 8.67. The number of carbonyl (C=O) groups excluding carboxylic acids is 5. The largest absolute Gasteiger partial charge is 0.416 e. The number of imide groups is 2. The lowest BCUT2D eigenvalue weighted by Gasteiger charge is -2.38. The van der Waals surface area contributed by atoms with Gasteiger partial charge in [0.1, 0.15) is 6.04 Å². The van der Waals surface area contributed by atoms with Crippen LogP contribution in [-0.2, 0) is 29.4 Å². The third-order valence-corrected chi connectivity index (χ3v) is 12.3. The summed E-state index contributed by atoms with van der Waals surface area (Å²) in [6.45, 7) is 5.76. The number of hydrogen-bond acceptors (Lipinski definition) is 9. The second kappa shape index (κ2) is 16.6. The van der Waals surface area contributed by atoms with Gasteiger partial charge in [-0.3, -0.25) is 38.7 Å². The molecule has 60 heavy (non-hydrogen) atoms. The molecule has 0 aliphatic carbocycles. The standard InChI is InChI=1S/C44H47F3N8O5/c1-50-26-37(49-27-50)35-23-30(5-10-36(35)48-25-29-3-6-31(7-4-29)44(45,46)47)40(57)54-17-14-28(15-18-54)13-16-52-19-21-53(22-20-52)32-8-9-33-34(24-32)42(59)55(41(33)58)38-11-12-39(56)51(2)43(38)60/h3-10,23-24,26-28,38,48H,11-22,25H2,1-2H3. The molecule has 314 valence electrons. The molecule has 1 unspecified atom stereocenters. The van der Waals surface area contributed by atoms with Crippen LogP contribution in [0, 0.1) is 5.92 Å². The van der Waals surface area contributed by atoms with E-state index in [9.17, 15) is 37.1 Å². The normalized spacial score (nSPS) is 19.4. The van der Waals surface area contributed by atoms with E-state index in [0.29, 0.717) is 42.4 Å². The highest BCUT2D eigenvalue weighted by Crippen LogP contribution is 2.34. The van der Waals surface area contributed by atoms with Crippen LogP contribution in [-0.4, -0.2) is 118 Å². The molecular formula is C44H47F3N8O5. The molecule has 1 aromatic heterocycles. The Kier molecular flexibility index (Phi) is 11.2. The Hall–Kier alpha value is -6.03. The third-order valence-electron chi connectivity index (χ3n) is 12.3. The van der Waals surface area contributed by atoms with E-state index in [1.807, 2.05) is 40.9 Å². The van der Waals surface area contributed by atoms with Gasteiger partial charge in [-0.1, -0.05) is 12.1 Å². The number of benzene rings is 3. The van der Waals surface area contributed by atoms with Crippen LogP contribution in [0.2, 0.25) is 0 Å². The Balaban J connectivity index is 0.816. The van der Waals surface area contributed by atoms with Crippen LogP contribution < -0.4 is 10.2 Å². The molecule has 4 aliphatic heterocycles. The first-order valence-electron chi connectivity index (χ1n) is 20.4. The van der Waals surface area contributed by atoms with Gasteiger partial charge in [-0.05, 0) is 92.2 Å². The highest BCUT2D eigenvalue weighted by molar-refractivity contribution is 6.23. The fraction of sp³-hybridized carbons (Fsp3) is 0.409. The highest BCUT2D eigenvalue weighted by atomic mass is 19.4. The summed E-state index contributed by atoms with van der Waals surface area (Å²) in [5.41, 5.74) is 4.08. The van der Waals surface area contributed by atoms with Crippen molar-refractivity contribution < 1.29 is 37.1 Å². The number of fused-ring (bicyclic) bond motifs is 1. The van der Waals surface area contributed by atoms with Gasteiger partial charge in [0.05, 0.1) is 28.7 Å². The zero-order valence-electron chi connectivity index (χ0n) is 33.6. The van der Waals surface area contributed by atoms with E-state index >= 15 is 0 Å². The van der Waals surface area contributed by atoms with Crippen LogP contribution >= 0.6 is 0 Å². The third kappa shape index (κ3) is 8.24. The summed E-state index contributed by atoms with van der Waals surface area (Å²) in [5, 5.41) is 3.32. The summed E-state index contributed by atoms with van der Waals surface area (Å²) in [6.07, 6.45) is 2.20. The number of aryl methyl sites for hydroxylation is 1. The average Bonchev–Trinajstić information content (AvgIpc) is 3.80. The zero-order valence-corrected chi connectivity index (χ0v) is 33.6. The maximum atomic E-state index is 13.8. The lowest BCUT2D eigenvalue weighted by Crippen LogP contribution is -2.54. The smallest absolute Gasteiger partial charge is 0.380 e. The molecule has 0 spiro atoms. The highest BCUT2D eigenvalue weighted by Gasteiger charge is 2.46. The van der Waals surface area contributed by atoms with Gasteiger partial charge >= 0.3 is 6.18 Å². The molecule has 16 heteroatoms. The molecule has 4 aliphatic rings. The lowest BCUT2D eigenvalue weighted by molar-refractivity contribution is -0.149. The van der Waals surface area contributed by atoms with E-state index in [0.717, 1.165) is 90.9 Å². The molecule has 4 aromatic rings. The predicted molar refractivity (Wildman–Crippen MR) is 217 cm³/mol. The van der Waals surface area contributed by atoms with Crippen LogP contribution in [0.15, 0.2) is 73.2 Å². The minimum atomic E-state index is -4.40. The number of carbonyl (C=O) groups is 5. The Morgan fingerprint density at radius 2 is 1.53 bits per heavy atom. The molecular weight excluding hydrogens is 778 g/mol. The molecule has 1 atom stereocenters. The number of nitrogens with one attached hydrogen (secondary N) is 1. The van der Waals surface area contributed by atoms with Crippen molar-refractivity contribution in [2.45, 2.75) is 50.9 Å². The van der Waals surface area contributed by atoms with Gasteiger partial charge in [0, 0.05) is 95.0 Å². The summed E-state index contributed by atoms with van der Waals surface area (Å²) in [6, 6.07) is 14.8. The topological polar surface area (TPSA) is 131 Å². The van der Waals surface area contributed by atoms with E-state index in [1.165, 1.54) is 19.2 Å². The van der Waals surface area contributed by atoms with Crippen molar-refractivity contribution in [3.05, 3.63) is 101 Å². The van der Waals surface area contributed by atoms with Crippen molar-refractivity contribution >= 4 is 40.9 Å². The Morgan fingerprint density at radius 3 is 2.22 bits per heavy atom. The number of nitrogens with zero attached hydrogens (tertiary/aromatic N) is 7. The molecule has 0 radical (unpaired) electrons. The fourth-order valence-corrected chi connectivity index (χ4v) is 8.67. The van der Waals surface area contributed by atoms with E-state index in [1.54, 1.807) is 24.5 Å². The quantitative estimate of drug-likeness (QED) is 0.206. The van der Waals surface area contributed by atoms with Crippen molar-refractivity contribution in [1.82, 2.24) is 29.2 Å². The summed E-state index contributed by atoms with van der Waals surface area (Å²) in [4.78, 5) is 78.3. The number of likely N-dealkylation sites (N-methyl/N-ethyl adjacent to an activating group) is 1. The molecule has 3 saturated heterocycles. The molecule has 1 N–H and O–H groups in total. The number of likely N-dealkylation sites (tertiary alicyclic amines) is 2. The molecule has 0 bridgehead atoms. The average molecular weight is 825 g/mol. The van der Waals surface area contributed by atoms with E-state index in [4.69, 9.17) is 0 Å². The van der Waals surface area contributed by atoms with Crippen molar-refractivity contribution in [1.29, 1.82) is 0 Å². The van der Waals surface area contributed by atoms with Crippen LogP contribution in [0.1, 0.15) is 74.3 Å². The molecule has 13 nitrogen and oxygen atoms in total. The van der Waals surface area contributed by atoms with Gasteiger partial charge in [-0.2, -0.15) is 13.2 Å². The first-order valence-corrected chi connectivity index (χ1v) is 20.4. The lowest BCUT2D eigenvalue weighted by atomic mass is 9.92. The van der Waals surface area contributed by atoms with E-state index < -0.39 is 35.5 Å². The molecule has 0 saturated carbocycles. The number of imidazole rings is 1. The van der Waals surface area contributed by atoms with Crippen molar-refractivity contribution in [3.63, 3.8) is 0 Å². The van der Waals surface area contributed by atoms with Gasteiger partial charge in [0.2, 0.25) is 5.91 Å². The first kappa shape index (κ1) is 40.7. The van der Waals surface area contributed by atoms with Gasteiger partial charge < -0.3 is 19.7 Å². The Labute approximate surface area is 345 Å². The van der Waals surface area contributed by atoms with Crippen LogP contribution in [0.5, 0.6) is 0 Å².